The number of hydrogen-bond donors (Lipinski definition) is 1. The Morgan fingerprint density at radius 3 is 2.92 bits per heavy atom. The summed E-state index contributed by atoms with van der Waals surface area (Å²) >= 11 is 5.86. The van der Waals surface area contributed by atoms with Gasteiger partial charge in [0.1, 0.15) is 23.2 Å². The van der Waals surface area contributed by atoms with Crippen LogP contribution in [-0.4, -0.2) is 32.4 Å². The van der Waals surface area contributed by atoms with Gasteiger partial charge < -0.3 is 4.90 Å². The Hall–Kier alpha value is -2.74. The number of nitrogens with zero attached hydrogens (tertiary/aromatic N) is 5. The fraction of sp³-hybridized carbons (Fsp3) is 0.133. The minimum Gasteiger partial charge on any atom is -0.308 e. The van der Waals surface area contributed by atoms with E-state index in [2.05, 4.69) is 20.3 Å². The molecule has 0 radical (unpaired) electrons. The second-order valence-electron chi connectivity index (χ2n) is 5.54. The first-order valence-corrected chi connectivity index (χ1v) is 7.62. The Morgan fingerprint density at radius 1 is 1.17 bits per heavy atom. The lowest BCUT2D eigenvalue weighted by molar-refractivity contribution is 0.578. The van der Waals surface area contributed by atoms with Crippen LogP contribution in [0.5, 0.6) is 0 Å². The maximum Gasteiger partial charge on any atom is 0.155 e. The van der Waals surface area contributed by atoms with Crippen molar-refractivity contribution in [3.63, 3.8) is 0 Å². The molecule has 2 aliphatic heterocycles. The van der Waals surface area contributed by atoms with Crippen molar-refractivity contribution >= 4 is 28.9 Å². The van der Waals surface area contributed by atoms with Crippen molar-refractivity contribution < 1.29 is 8.78 Å². The van der Waals surface area contributed by atoms with E-state index in [1.807, 2.05) is 0 Å². The zero-order valence-electron chi connectivity index (χ0n) is 12.1. The number of aliphatic imine (C=N–C) groups is 1. The summed E-state index contributed by atoms with van der Waals surface area (Å²) in [5, 5.41) is 11.0. The van der Waals surface area contributed by atoms with E-state index in [9.17, 15) is 8.78 Å². The number of H-pyrrole nitrogens is 1. The maximum atomic E-state index is 14.6. The van der Waals surface area contributed by atoms with Crippen LogP contribution in [0.1, 0.15) is 5.56 Å². The van der Waals surface area contributed by atoms with Gasteiger partial charge in [0, 0.05) is 6.54 Å². The number of amidine groups is 1. The molecule has 5 rings (SSSR count). The third-order valence-electron chi connectivity index (χ3n) is 4.24. The second-order valence-corrected chi connectivity index (χ2v) is 5.95. The minimum atomic E-state index is -0.832. The van der Waals surface area contributed by atoms with E-state index >= 15 is 0 Å². The van der Waals surface area contributed by atoms with Gasteiger partial charge in [-0.1, -0.05) is 11.6 Å². The van der Waals surface area contributed by atoms with Gasteiger partial charge in [-0.15, -0.1) is 0 Å². The Morgan fingerprint density at radius 2 is 2.04 bits per heavy atom. The molecule has 1 N–H and O–H groups in total. The molecule has 0 fully saturated rings. The molecule has 0 atom stereocenters. The lowest BCUT2D eigenvalue weighted by atomic mass is 10.1. The summed E-state index contributed by atoms with van der Waals surface area (Å²) in [6, 6.07) is 2.33. The largest absolute Gasteiger partial charge is 0.308 e. The Kier molecular flexibility index (Phi) is 2.64. The van der Waals surface area contributed by atoms with Gasteiger partial charge in [-0.2, -0.15) is 10.2 Å². The van der Waals surface area contributed by atoms with Gasteiger partial charge in [-0.3, -0.25) is 5.10 Å². The molecule has 9 heteroatoms. The van der Waals surface area contributed by atoms with Gasteiger partial charge in [-0.25, -0.2) is 18.5 Å². The fourth-order valence-corrected chi connectivity index (χ4v) is 3.33. The molecule has 3 aromatic rings. The molecule has 1 aromatic carbocycles. The molecule has 0 spiro atoms. The number of hydrogen-bond acceptors (Lipinski definition) is 4. The molecule has 0 saturated carbocycles. The van der Waals surface area contributed by atoms with Gasteiger partial charge in [0.25, 0.3) is 0 Å². The van der Waals surface area contributed by atoms with Gasteiger partial charge in [0.15, 0.2) is 5.82 Å². The number of nitrogens with one attached hydrogen (secondary N) is 1. The summed E-state index contributed by atoms with van der Waals surface area (Å²) < 4.78 is 30.8. The highest BCUT2D eigenvalue weighted by Crippen LogP contribution is 2.42. The normalized spacial score (nSPS) is 15.1. The highest BCUT2D eigenvalue weighted by atomic mass is 35.5. The van der Waals surface area contributed by atoms with E-state index in [4.69, 9.17) is 11.6 Å². The molecule has 6 nitrogen and oxygen atoms in total. The van der Waals surface area contributed by atoms with Gasteiger partial charge in [-0.05, 0) is 12.1 Å². The van der Waals surface area contributed by atoms with Gasteiger partial charge >= 0.3 is 0 Å². The van der Waals surface area contributed by atoms with Crippen LogP contribution in [0.15, 0.2) is 29.5 Å². The smallest absolute Gasteiger partial charge is 0.155 e. The zero-order valence-corrected chi connectivity index (χ0v) is 12.8. The second kappa shape index (κ2) is 4.64. The average molecular weight is 347 g/mol. The molecule has 0 bridgehead atoms. The van der Waals surface area contributed by atoms with E-state index in [1.165, 1.54) is 12.3 Å². The topological polar surface area (TPSA) is 62.1 Å². The predicted octanol–water partition coefficient (Wildman–Crippen LogP) is 3.12. The average Bonchev–Trinajstić information content (AvgIpc) is 3.25. The first-order chi connectivity index (χ1) is 11.6. The first kappa shape index (κ1) is 13.7. The van der Waals surface area contributed by atoms with Crippen molar-refractivity contribution in [1.29, 1.82) is 0 Å². The molecule has 120 valence electrons. The van der Waals surface area contributed by atoms with E-state index < -0.39 is 11.6 Å². The third-order valence-corrected chi connectivity index (χ3v) is 4.53. The van der Waals surface area contributed by atoms with Crippen LogP contribution in [-0.2, 0) is 6.54 Å². The zero-order chi connectivity index (χ0) is 16.4. The SMILES string of the molecule is Fc1ccc(Cl)c(F)c1C1=Nc2cn[nH]c2-c2cnn3c2N1CC3. The molecular weight excluding hydrogens is 338 g/mol. The van der Waals surface area contributed by atoms with Crippen LogP contribution in [0.25, 0.3) is 11.3 Å². The molecule has 2 aromatic heterocycles. The van der Waals surface area contributed by atoms with E-state index in [1.54, 1.807) is 15.8 Å². The highest BCUT2D eigenvalue weighted by Gasteiger charge is 2.35. The molecule has 0 amide bonds. The summed E-state index contributed by atoms with van der Waals surface area (Å²) in [4.78, 5) is 6.23. The maximum absolute atomic E-state index is 14.6. The summed E-state index contributed by atoms with van der Waals surface area (Å²) in [6.07, 6.45) is 3.21. The third kappa shape index (κ3) is 1.66. The lowest BCUT2D eigenvalue weighted by Gasteiger charge is -2.20. The molecule has 0 unspecified atom stereocenters. The number of aromatic amines is 1. The summed E-state index contributed by atoms with van der Waals surface area (Å²) in [7, 11) is 0. The summed E-state index contributed by atoms with van der Waals surface area (Å²) in [5.74, 6) is -0.660. The molecular formula is C15H9ClF2N6. The molecule has 24 heavy (non-hydrogen) atoms. The van der Waals surface area contributed by atoms with Crippen molar-refractivity contribution in [3.05, 3.63) is 46.7 Å². The number of fused-ring (bicyclic) bond motifs is 2. The van der Waals surface area contributed by atoms with Gasteiger partial charge in [0.2, 0.25) is 0 Å². The van der Waals surface area contributed by atoms with E-state index in [-0.39, 0.29) is 16.4 Å². The van der Waals surface area contributed by atoms with Crippen molar-refractivity contribution in [1.82, 2.24) is 20.0 Å². The number of rotatable bonds is 1. The Bertz CT molecular complexity index is 1020. The fourth-order valence-electron chi connectivity index (χ4n) is 3.17. The number of aromatic nitrogens is 4. The van der Waals surface area contributed by atoms with Crippen LogP contribution in [0.4, 0.5) is 20.3 Å². The van der Waals surface area contributed by atoms with Crippen molar-refractivity contribution in [2.75, 3.05) is 11.4 Å². The van der Waals surface area contributed by atoms with Crippen LogP contribution in [0, 0.1) is 11.6 Å². The van der Waals surface area contributed by atoms with Crippen LogP contribution in [0.2, 0.25) is 5.02 Å². The number of anilines is 1. The minimum absolute atomic E-state index is 0.154. The van der Waals surface area contributed by atoms with Crippen molar-refractivity contribution in [2.45, 2.75) is 6.54 Å². The quantitative estimate of drug-likeness (QED) is 0.689. The summed E-state index contributed by atoms with van der Waals surface area (Å²) in [5.41, 5.74) is 1.70. The molecule has 0 saturated heterocycles. The van der Waals surface area contributed by atoms with E-state index in [0.29, 0.717) is 24.5 Å². The number of benzene rings is 1. The van der Waals surface area contributed by atoms with Crippen LogP contribution >= 0.6 is 11.6 Å². The molecule has 2 aliphatic rings. The first-order valence-electron chi connectivity index (χ1n) is 7.25. The molecule has 4 heterocycles. The van der Waals surface area contributed by atoms with Crippen LogP contribution < -0.4 is 4.90 Å². The standard InChI is InChI=1S/C15H9ClF2N6/c16-8-1-2-9(17)11(12(8)18)14-21-10-6-19-22-13(10)7-5-20-24-4-3-23(14)15(7)24/h1-2,5-6H,3-4H2,(H,19,22). The van der Waals surface area contributed by atoms with E-state index in [0.717, 1.165) is 17.4 Å². The van der Waals surface area contributed by atoms with Gasteiger partial charge in [0.05, 0.1) is 40.8 Å². The number of halogens is 3. The van der Waals surface area contributed by atoms with Crippen molar-refractivity contribution in [2.24, 2.45) is 4.99 Å². The Balaban J connectivity index is 1.84. The monoisotopic (exact) mass is 346 g/mol. The Labute approximate surface area is 139 Å². The lowest BCUT2D eigenvalue weighted by Crippen LogP contribution is -2.31. The summed E-state index contributed by atoms with van der Waals surface area (Å²) in [6.45, 7) is 1.11. The predicted molar refractivity (Wildman–Crippen MR) is 84.7 cm³/mol. The van der Waals surface area contributed by atoms with Crippen LogP contribution in [0.3, 0.4) is 0 Å². The van der Waals surface area contributed by atoms with Crippen molar-refractivity contribution in [3.8, 4) is 11.3 Å². The highest BCUT2D eigenvalue weighted by molar-refractivity contribution is 6.31. The molecule has 0 aliphatic carbocycles.